The van der Waals surface area contributed by atoms with Gasteiger partial charge < -0.3 is 10.4 Å². The van der Waals surface area contributed by atoms with E-state index in [1.807, 2.05) is 12.1 Å². The molecule has 0 saturated carbocycles. The first-order valence-corrected chi connectivity index (χ1v) is 6.45. The maximum atomic E-state index is 9.80. The lowest BCUT2D eigenvalue weighted by molar-refractivity contribution is 0.379. The zero-order valence-electron chi connectivity index (χ0n) is 10.3. The van der Waals surface area contributed by atoms with Crippen LogP contribution in [0.3, 0.4) is 0 Å². The molecule has 0 saturated heterocycles. The third-order valence-electron chi connectivity index (χ3n) is 2.97. The molecule has 0 fully saturated rings. The molecule has 0 radical (unpaired) electrons. The number of halogens is 1. The first kappa shape index (κ1) is 13.5. The van der Waals surface area contributed by atoms with Gasteiger partial charge in [-0.25, -0.2) is 0 Å². The van der Waals surface area contributed by atoms with E-state index in [1.54, 1.807) is 6.07 Å². The molecule has 3 heteroatoms. The molecule has 0 spiro atoms. The Morgan fingerprint density at radius 1 is 1.19 bits per heavy atom. The molecule has 2 atom stereocenters. The van der Waals surface area contributed by atoms with Crippen molar-refractivity contribution in [1.82, 2.24) is 5.32 Å². The summed E-state index contributed by atoms with van der Waals surface area (Å²) in [7, 11) is 0. The van der Waals surface area contributed by atoms with Crippen molar-refractivity contribution in [2.45, 2.75) is 39.8 Å². The van der Waals surface area contributed by atoms with E-state index in [-0.39, 0.29) is 6.04 Å². The number of hydrogen-bond acceptors (Lipinski definition) is 2. The summed E-state index contributed by atoms with van der Waals surface area (Å²) in [5, 5.41) is 13.3. The number of nitrogens with one attached hydrogen (secondary N) is 1. The molecule has 0 aromatic heterocycles. The highest BCUT2D eigenvalue weighted by Gasteiger charge is 2.15. The van der Waals surface area contributed by atoms with Gasteiger partial charge in [0.1, 0.15) is 5.75 Å². The summed E-state index contributed by atoms with van der Waals surface area (Å²) < 4.78 is 0.992. The molecule has 2 nitrogen and oxygen atoms in total. The molecule has 16 heavy (non-hydrogen) atoms. The van der Waals surface area contributed by atoms with Crippen molar-refractivity contribution >= 4 is 15.9 Å². The van der Waals surface area contributed by atoms with Crippen LogP contribution in [0.5, 0.6) is 5.75 Å². The van der Waals surface area contributed by atoms with Crippen LogP contribution in [0.1, 0.15) is 39.3 Å². The Labute approximate surface area is 106 Å². The number of benzene rings is 1. The van der Waals surface area contributed by atoms with Crippen molar-refractivity contribution in [2.75, 3.05) is 0 Å². The molecule has 0 aliphatic carbocycles. The van der Waals surface area contributed by atoms with Gasteiger partial charge in [0.2, 0.25) is 0 Å². The summed E-state index contributed by atoms with van der Waals surface area (Å²) in [5.74, 6) is 0.927. The predicted octanol–water partition coefficient (Wildman–Crippen LogP) is 3.85. The van der Waals surface area contributed by atoms with E-state index in [0.717, 1.165) is 10.0 Å². The first-order chi connectivity index (χ1) is 7.41. The summed E-state index contributed by atoms with van der Waals surface area (Å²) >= 11 is 3.42. The van der Waals surface area contributed by atoms with Crippen molar-refractivity contribution in [2.24, 2.45) is 5.92 Å². The van der Waals surface area contributed by atoms with Crippen molar-refractivity contribution in [1.29, 1.82) is 0 Å². The average Bonchev–Trinajstić information content (AvgIpc) is 2.21. The minimum Gasteiger partial charge on any atom is -0.508 e. The van der Waals surface area contributed by atoms with Crippen LogP contribution in [0, 0.1) is 5.92 Å². The van der Waals surface area contributed by atoms with Gasteiger partial charge in [-0.05, 0) is 38.0 Å². The molecule has 2 N–H and O–H groups in total. The smallest absolute Gasteiger partial charge is 0.120 e. The molecular weight excluding hydrogens is 266 g/mol. The van der Waals surface area contributed by atoms with E-state index in [4.69, 9.17) is 0 Å². The molecule has 0 bridgehead atoms. The molecule has 0 aliphatic heterocycles. The van der Waals surface area contributed by atoms with E-state index >= 15 is 0 Å². The molecular formula is C13H20BrNO. The lowest BCUT2D eigenvalue weighted by atomic mass is 10.0. The number of phenols is 1. The molecule has 0 amide bonds. The monoisotopic (exact) mass is 285 g/mol. The van der Waals surface area contributed by atoms with Gasteiger partial charge in [-0.1, -0.05) is 29.8 Å². The van der Waals surface area contributed by atoms with Crippen LogP contribution in [0.25, 0.3) is 0 Å². The summed E-state index contributed by atoms with van der Waals surface area (Å²) in [6, 6.07) is 6.10. The fraction of sp³-hybridized carbons (Fsp3) is 0.538. The van der Waals surface area contributed by atoms with Crippen LogP contribution in [-0.4, -0.2) is 11.1 Å². The van der Waals surface area contributed by atoms with Crippen LogP contribution < -0.4 is 5.32 Å². The second-order valence-electron chi connectivity index (χ2n) is 4.62. The largest absolute Gasteiger partial charge is 0.508 e. The van der Waals surface area contributed by atoms with E-state index in [0.29, 0.717) is 17.7 Å². The Morgan fingerprint density at radius 2 is 1.81 bits per heavy atom. The van der Waals surface area contributed by atoms with E-state index in [2.05, 4.69) is 48.9 Å². The van der Waals surface area contributed by atoms with E-state index < -0.39 is 0 Å². The second kappa shape index (κ2) is 5.69. The predicted molar refractivity (Wildman–Crippen MR) is 71.7 cm³/mol. The van der Waals surface area contributed by atoms with Gasteiger partial charge in [-0.3, -0.25) is 0 Å². The van der Waals surface area contributed by atoms with Gasteiger partial charge in [0, 0.05) is 22.1 Å². The first-order valence-electron chi connectivity index (χ1n) is 5.66. The number of rotatable bonds is 4. The van der Waals surface area contributed by atoms with Gasteiger partial charge in [-0.2, -0.15) is 0 Å². The molecule has 2 unspecified atom stereocenters. The fourth-order valence-electron chi connectivity index (χ4n) is 1.55. The molecule has 1 rings (SSSR count). The quantitative estimate of drug-likeness (QED) is 0.881. The molecule has 90 valence electrons. The SMILES string of the molecule is CC(NC(C)C(C)C)c1cc(Br)ccc1O. The summed E-state index contributed by atoms with van der Waals surface area (Å²) in [5.41, 5.74) is 0.932. The third kappa shape index (κ3) is 3.49. The van der Waals surface area contributed by atoms with Crippen molar-refractivity contribution in [3.8, 4) is 5.75 Å². The lowest BCUT2D eigenvalue weighted by Gasteiger charge is -2.23. The summed E-state index contributed by atoms with van der Waals surface area (Å²) in [6.45, 7) is 8.60. The zero-order valence-corrected chi connectivity index (χ0v) is 11.9. The highest BCUT2D eigenvalue weighted by molar-refractivity contribution is 9.10. The Kier molecular flexibility index (Phi) is 4.81. The van der Waals surface area contributed by atoms with Crippen LogP contribution in [-0.2, 0) is 0 Å². The highest BCUT2D eigenvalue weighted by atomic mass is 79.9. The fourth-order valence-corrected chi connectivity index (χ4v) is 1.93. The average molecular weight is 286 g/mol. The standard InChI is InChI=1S/C13H20BrNO/c1-8(2)9(3)15-10(4)12-7-11(14)5-6-13(12)16/h5-10,15-16H,1-4H3. The Bertz CT molecular complexity index is 352. The maximum absolute atomic E-state index is 9.80. The Hall–Kier alpha value is -0.540. The van der Waals surface area contributed by atoms with Gasteiger partial charge in [-0.15, -0.1) is 0 Å². The highest BCUT2D eigenvalue weighted by Crippen LogP contribution is 2.27. The molecule has 1 aromatic carbocycles. The Morgan fingerprint density at radius 3 is 2.38 bits per heavy atom. The van der Waals surface area contributed by atoms with Crippen LogP contribution in [0.2, 0.25) is 0 Å². The summed E-state index contributed by atoms with van der Waals surface area (Å²) in [4.78, 5) is 0. The topological polar surface area (TPSA) is 32.3 Å². The van der Waals surface area contributed by atoms with Gasteiger partial charge >= 0.3 is 0 Å². The van der Waals surface area contributed by atoms with Gasteiger partial charge in [0.25, 0.3) is 0 Å². The lowest BCUT2D eigenvalue weighted by Crippen LogP contribution is -2.33. The van der Waals surface area contributed by atoms with Crippen LogP contribution >= 0.6 is 15.9 Å². The molecule has 0 heterocycles. The maximum Gasteiger partial charge on any atom is 0.120 e. The second-order valence-corrected chi connectivity index (χ2v) is 5.54. The van der Waals surface area contributed by atoms with Crippen LogP contribution in [0.15, 0.2) is 22.7 Å². The third-order valence-corrected chi connectivity index (χ3v) is 3.46. The minimum atomic E-state index is 0.148. The van der Waals surface area contributed by atoms with Gasteiger partial charge in [0.15, 0.2) is 0 Å². The normalized spacial score (nSPS) is 15.1. The number of phenolic OH excluding ortho intramolecular Hbond substituents is 1. The van der Waals surface area contributed by atoms with E-state index in [9.17, 15) is 5.11 Å². The number of hydrogen-bond donors (Lipinski definition) is 2. The number of aromatic hydroxyl groups is 1. The van der Waals surface area contributed by atoms with Crippen molar-refractivity contribution < 1.29 is 5.11 Å². The molecule has 1 aromatic rings. The summed E-state index contributed by atoms with van der Waals surface area (Å²) in [6.07, 6.45) is 0. The van der Waals surface area contributed by atoms with Crippen LogP contribution in [0.4, 0.5) is 0 Å². The minimum absolute atomic E-state index is 0.148. The zero-order chi connectivity index (χ0) is 12.3. The molecule has 0 aliphatic rings. The van der Waals surface area contributed by atoms with Crippen molar-refractivity contribution in [3.63, 3.8) is 0 Å². The van der Waals surface area contributed by atoms with Crippen molar-refractivity contribution in [3.05, 3.63) is 28.2 Å². The van der Waals surface area contributed by atoms with Gasteiger partial charge in [0.05, 0.1) is 0 Å². The van der Waals surface area contributed by atoms with E-state index in [1.165, 1.54) is 0 Å². The Balaban J connectivity index is 2.80.